The Kier molecular flexibility index (Phi) is 3.69. The quantitative estimate of drug-likeness (QED) is 0.914. The summed E-state index contributed by atoms with van der Waals surface area (Å²) in [5.74, 6) is 0.435. The van der Waals surface area contributed by atoms with E-state index in [2.05, 4.69) is 18.8 Å². The van der Waals surface area contributed by atoms with E-state index in [1.165, 1.54) is 5.56 Å². The van der Waals surface area contributed by atoms with Crippen LogP contribution in [0.2, 0.25) is 0 Å². The number of nitrogens with zero attached hydrogens (tertiary/aromatic N) is 1. The van der Waals surface area contributed by atoms with Gasteiger partial charge in [0.2, 0.25) is 0 Å². The second-order valence-electron chi connectivity index (χ2n) is 4.85. The molecule has 4 nitrogen and oxygen atoms in total. The van der Waals surface area contributed by atoms with Crippen LogP contribution in [0.4, 0.5) is 0 Å². The molecule has 0 aliphatic rings. The largest absolute Gasteiger partial charge is 0.481 e. The van der Waals surface area contributed by atoms with Crippen LogP contribution in [0.25, 0.3) is 11.3 Å². The molecule has 0 fully saturated rings. The van der Waals surface area contributed by atoms with Crippen molar-refractivity contribution in [3.8, 4) is 11.3 Å². The summed E-state index contributed by atoms with van der Waals surface area (Å²) in [7, 11) is 0. The van der Waals surface area contributed by atoms with Gasteiger partial charge in [0, 0.05) is 12.5 Å². The van der Waals surface area contributed by atoms with E-state index >= 15 is 0 Å². The molecule has 1 heterocycles. The molecule has 4 heteroatoms. The molecule has 2 aromatic rings. The van der Waals surface area contributed by atoms with E-state index in [1.807, 2.05) is 24.3 Å². The lowest BCUT2D eigenvalue weighted by atomic mass is 10.0. The van der Waals surface area contributed by atoms with Gasteiger partial charge in [0.1, 0.15) is 17.9 Å². The van der Waals surface area contributed by atoms with Crippen LogP contribution < -0.4 is 0 Å². The highest BCUT2D eigenvalue weighted by Gasteiger charge is 2.16. The number of rotatable bonds is 4. The number of carbonyl (C=O) groups is 1. The van der Waals surface area contributed by atoms with E-state index in [4.69, 9.17) is 9.52 Å². The third-order valence-corrected chi connectivity index (χ3v) is 2.97. The summed E-state index contributed by atoms with van der Waals surface area (Å²) >= 11 is 0. The van der Waals surface area contributed by atoms with Gasteiger partial charge in [-0.2, -0.15) is 0 Å². The van der Waals surface area contributed by atoms with Crippen LogP contribution >= 0.6 is 0 Å². The number of oxazole rings is 1. The molecule has 0 spiro atoms. The Hall–Kier alpha value is -2.10. The van der Waals surface area contributed by atoms with Gasteiger partial charge < -0.3 is 9.52 Å². The Morgan fingerprint density at radius 3 is 2.47 bits per heavy atom. The molecule has 0 bridgehead atoms. The molecule has 0 aliphatic heterocycles. The molecular weight excluding hydrogens is 242 g/mol. The molecule has 1 aromatic heterocycles. The summed E-state index contributed by atoms with van der Waals surface area (Å²) in [6.07, 6.45) is -0.151. The Morgan fingerprint density at radius 2 is 1.95 bits per heavy atom. The first-order valence-corrected chi connectivity index (χ1v) is 6.26. The number of aromatic nitrogens is 1. The smallest absolute Gasteiger partial charge is 0.311 e. The predicted molar refractivity (Wildman–Crippen MR) is 72.1 cm³/mol. The topological polar surface area (TPSA) is 63.3 Å². The van der Waals surface area contributed by atoms with E-state index < -0.39 is 5.97 Å². The van der Waals surface area contributed by atoms with Crippen molar-refractivity contribution in [3.05, 3.63) is 41.5 Å². The molecule has 0 unspecified atom stereocenters. The molecule has 0 amide bonds. The van der Waals surface area contributed by atoms with Crippen LogP contribution in [0.3, 0.4) is 0 Å². The minimum absolute atomic E-state index is 0.151. The van der Waals surface area contributed by atoms with Crippen molar-refractivity contribution < 1.29 is 14.3 Å². The summed E-state index contributed by atoms with van der Waals surface area (Å²) in [5, 5.41) is 8.88. The predicted octanol–water partition coefficient (Wildman–Crippen LogP) is 3.40. The number of aliphatic carboxylic acids is 1. The second-order valence-corrected chi connectivity index (χ2v) is 4.85. The second kappa shape index (κ2) is 5.26. The van der Waals surface area contributed by atoms with Gasteiger partial charge in [-0.3, -0.25) is 4.79 Å². The fourth-order valence-corrected chi connectivity index (χ4v) is 1.98. The molecule has 0 saturated carbocycles. The van der Waals surface area contributed by atoms with Crippen LogP contribution in [-0.2, 0) is 11.2 Å². The fraction of sp³-hybridized carbons (Fsp3) is 0.333. The van der Waals surface area contributed by atoms with Crippen molar-refractivity contribution in [3.63, 3.8) is 0 Å². The molecule has 1 N–H and O–H groups in total. The van der Waals surface area contributed by atoms with Gasteiger partial charge in [-0.1, -0.05) is 38.1 Å². The number of benzene rings is 1. The van der Waals surface area contributed by atoms with E-state index in [-0.39, 0.29) is 6.42 Å². The van der Waals surface area contributed by atoms with E-state index in [0.29, 0.717) is 23.3 Å². The van der Waals surface area contributed by atoms with Gasteiger partial charge >= 0.3 is 5.97 Å². The average Bonchev–Trinajstić information content (AvgIpc) is 2.69. The number of aryl methyl sites for hydroxylation is 1. The Bertz CT molecular complexity index is 582. The van der Waals surface area contributed by atoms with Gasteiger partial charge in [-0.05, 0) is 11.5 Å². The highest BCUT2D eigenvalue weighted by molar-refractivity contribution is 5.73. The van der Waals surface area contributed by atoms with Crippen LogP contribution in [0.5, 0.6) is 0 Å². The first-order valence-electron chi connectivity index (χ1n) is 6.26. The molecule has 100 valence electrons. The Morgan fingerprint density at radius 1 is 1.32 bits per heavy atom. The highest BCUT2D eigenvalue weighted by atomic mass is 16.4. The SMILES string of the molecule is Cc1nc(-c2ccc(C(C)C)cc2)c(CC(=O)O)o1. The maximum absolute atomic E-state index is 10.8. The normalized spacial score (nSPS) is 10.9. The molecule has 0 aliphatic carbocycles. The lowest BCUT2D eigenvalue weighted by Gasteiger charge is -2.06. The minimum Gasteiger partial charge on any atom is -0.481 e. The van der Waals surface area contributed by atoms with Crippen molar-refractivity contribution in [2.45, 2.75) is 33.1 Å². The molecule has 1 aromatic carbocycles. The Balaban J connectivity index is 2.38. The summed E-state index contributed by atoms with van der Waals surface area (Å²) in [6, 6.07) is 7.99. The number of carboxylic acid groups (broad SMARTS) is 1. The minimum atomic E-state index is -0.920. The van der Waals surface area contributed by atoms with Crippen molar-refractivity contribution in [2.75, 3.05) is 0 Å². The maximum Gasteiger partial charge on any atom is 0.311 e. The summed E-state index contributed by atoms with van der Waals surface area (Å²) in [4.78, 5) is 15.1. The molecule has 0 radical (unpaired) electrons. The molecule has 19 heavy (non-hydrogen) atoms. The highest BCUT2D eigenvalue weighted by Crippen LogP contribution is 2.26. The van der Waals surface area contributed by atoms with Crippen molar-refractivity contribution in [1.29, 1.82) is 0 Å². The third kappa shape index (κ3) is 3.02. The Labute approximate surface area is 112 Å². The molecule has 2 rings (SSSR count). The average molecular weight is 259 g/mol. The van der Waals surface area contributed by atoms with E-state index in [1.54, 1.807) is 6.92 Å². The fourth-order valence-electron chi connectivity index (χ4n) is 1.98. The monoisotopic (exact) mass is 259 g/mol. The summed E-state index contributed by atoms with van der Waals surface area (Å²) in [5.41, 5.74) is 2.75. The molecule has 0 atom stereocenters. The van der Waals surface area contributed by atoms with Gasteiger partial charge in [0.15, 0.2) is 5.89 Å². The number of hydrogen-bond acceptors (Lipinski definition) is 3. The first kappa shape index (κ1) is 13.3. The maximum atomic E-state index is 10.8. The lowest BCUT2D eigenvalue weighted by molar-refractivity contribution is -0.136. The van der Waals surface area contributed by atoms with Crippen LogP contribution in [0, 0.1) is 6.92 Å². The van der Waals surface area contributed by atoms with Crippen molar-refractivity contribution in [2.24, 2.45) is 0 Å². The standard InChI is InChI=1S/C15H17NO3/c1-9(2)11-4-6-12(7-5-11)15-13(8-14(17)18)19-10(3)16-15/h4-7,9H,8H2,1-3H3,(H,17,18). The lowest BCUT2D eigenvalue weighted by Crippen LogP contribution is -2.00. The van der Waals surface area contributed by atoms with Crippen LogP contribution in [0.15, 0.2) is 28.7 Å². The zero-order valence-corrected chi connectivity index (χ0v) is 11.3. The van der Waals surface area contributed by atoms with E-state index in [0.717, 1.165) is 5.56 Å². The van der Waals surface area contributed by atoms with Crippen molar-refractivity contribution in [1.82, 2.24) is 4.98 Å². The van der Waals surface area contributed by atoms with Crippen molar-refractivity contribution >= 4 is 5.97 Å². The van der Waals surface area contributed by atoms with E-state index in [9.17, 15) is 4.79 Å². The van der Waals surface area contributed by atoms with Gasteiger partial charge in [0.25, 0.3) is 0 Å². The van der Waals surface area contributed by atoms with Crippen LogP contribution in [-0.4, -0.2) is 16.1 Å². The molecule has 0 saturated heterocycles. The summed E-state index contributed by atoms with van der Waals surface area (Å²) < 4.78 is 5.37. The van der Waals surface area contributed by atoms with Crippen LogP contribution in [0.1, 0.15) is 37.0 Å². The third-order valence-electron chi connectivity index (χ3n) is 2.97. The van der Waals surface area contributed by atoms with Gasteiger partial charge in [-0.15, -0.1) is 0 Å². The first-order chi connectivity index (χ1) is 8.97. The molecular formula is C15H17NO3. The zero-order valence-electron chi connectivity index (χ0n) is 11.3. The summed E-state index contributed by atoms with van der Waals surface area (Å²) in [6.45, 7) is 5.98. The zero-order chi connectivity index (χ0) is 14.0. The number of carboxylic acids is 1. The van der Waals surface area contributed by atoms with Gasteiger partial charge in [0.05, 0.1) is 0 Å². The van der Waals surface area contributed by atoms with Gasteiger partial charge in [-0.25, -0.2) is 4.98 Å². The number of hydrogen-bond donors (Lipinski definition) is 1.